The third-order valence-electron chi connectivity index (χ3n) is 2.93. The van der Waals surface area contributed by atoms with E-state index >= 15 is 0 Å². The van der Waals surface area contributed by atoms with E-state index in [1.807, 2.05) is 0 Å². The number of ether oxygens (including phenoxy) is 1. The Balaban J connectivity index is 2.06. The molecule has 0 fully saturated rings. The van der Waals surface area contributed by atoms with Crippen LogP contribution in [0.1, 0.15) is 27.6 Å². The molecule has 0 saturated heterocycles. The summed E-state index contributed by atoms with van der Waals surface area (Å²) in [6.07, 6.45) is 0. The van der Waals surface area contributed by atoms with Crippen molar-refractivity contribution < 1.29 is 18.7 Å². The van der Waals surface area contributed by atoms with Crippen LogP contribution in [0.15, 0.2) is 36.4 Å². The lowest BCUT2D eigenvalue weighted by Crippen LogP contribution is -2.12. The first-order chi connectivity index (χ1) is 10.4. The summed E-state index contributed by atoms with van der Waals surface area (Å²) in [4.78, 5) is 23.1. The van der Waals surface area contributed by atoms with Crippen LogP contribution in [0.25, 0.3) is 0 Å². The SMILES string of the molecule is CC(=O)c1ccc(OCC(=O)c2ccc(Cl)c(Cl)c2)cc1F. The van der Waals surface area contributed by atoms with E-state index < -0.39 is 5.82 Å². The van der Waals surface area contributed by atoms with Gasteiger partial charge in [-0.1, -0.05) is 23.2 Å². The molecule has 114 valence electrons. The van der Waals surface area contributed by atoms with Gasteiger partial charge in [0.05, 0.1) is 15.6 Å². The third kappa shape index (κ3) is 3.84. The van der Waals surface area contributed by atoms with E-state index in [1.165, 1.54) is 37.3 Å². The van der Waals surface area contributed by atoms with Gasteiger partial charge in [0.25, 0.3) is 0 Å². The molecule has 0 saturated carbocycles. The van der Waals surface area contributed by atoms with Gasteiger partial charge in [-0.25, -0.2) is 4.39 Å². The molecule has 0 aromatic heterocycles. The molecule has 0 aliphatic rings. The van der Waals surface area contributed by atoms with E-state index in [-0.39, 0.29) is 34.5 Å². The van der Waals surface area contributed by atoms with Crippen LogP contribution in [-0.4, -0.2) is 18.2 Å². The number of hydrogen-bond acceptors (Lipinski definition) is 3. The fourth-order valence-electron chi connectivity index (χ4n) is 1.77. The van der Waals surface area contributed by atoms with E-state index in [0.29, 0.717) is 10.6 Å². The maximum atomic E-state index is 13.6. The quantitative estimate of drug-likeness (QED) is 0.747. The Morgan fingerprint density at radius 1 is 1.09 bits per heavy atom. The van der Waals surface area contributed by atoms with Crippen LogP contribution in [-0.2, 0) is 0 Å². The Bertz CT molecular complexity index is 744. The topological polar surface area (TPSA) is 43.4 Å². The van der Waals surface area contributed by atoms with Gasteiger partial charge in [-0.2, -0.15) is 0 Å². The summed E-state index contributed by atoms with van der Waals surface area (Å²) in [6.45, 7) is 0.990. The minimum Gasteiger partial charge on any atom is -0.485 e. The summed E-state index contributed by atoms with van der Waals surface area (Å²) in [6, 6.07) is 8.30. The fraction of sp³-hybridized carbons (Fsp3) is 0.125. The smallest absolute Gasteiger partial charge is 0.200 e. The molecule has 6 heteroatoms. The second-order valence-corrected chi connectivity index (χ2v) is 5.35. The number of ketones is 2. The summed E-state index contributed by atoms with van der Waals surface area (Å²) < 4.78 is 18.9. The van der Waals surface area contributed by atoms with Crippen LogP contribution in [0, 0.1) is 5.82 Å². The zero-order valence-corrected chi connectivity index (χ0v) is 13.0. The van der Waals surface area contributed by atoms with Crippen molar-refractivity contribution >= 4 is 34.8 Å². The molecule has 3 nitrogen and oxygen atoms in total. The molecule has 0 heterocycles. The van der Waals surface area contributed by atoms with E-state index in [1.54, 1.807) is 0 Å². The van der Waals surface area contributed by atoms with Crippen LogP contribution in [0.2, 0.25) is 10.0 Å². The molecule has 2 aromatic carbocycles. The van der Waals surface area contributed by atoms with Gasteiger partial charge in [0.1, 0.15) is 11.6 Å². The van der Waals surface area contributed by atoms with Gasteiger partial charge in [0, 0.05) is 11.6 Å². The van der Waals surface area contributed by atoms with Crippen LogP contribution < -0.4 is 4.74 Å². The second-order valence-electron chi connectivity index (χ2n) is 4.54. The van der Waals surface area contributed by atoms with Crippen molar-refractivity contribution in [2.75, 3.05) is 6.61 Å². The number of carbonyl (C=O) groups is 2. The maximum Gasteiger partial charge on any atom is 0.200 e. The van der Waals surface area contributed by atoms with Gasteiger partial charge < -0.3 is 4.74 Å². The van der Waals surface area contributed by atoms with E-state index in [9.17, 15) is 14.0 Å². The molecular weight excluding hydrogens is 330 g/mol. The number of hydrogen-bond donors (Lipinski definition) is 0. The largest absolute Gasteiger partial charge is 0.485 e. The molecule has 0 radical (unpaired) electrons. The van der Waals surface area contributed by atoms with Crippen LogP contribution in [0.5, 0.6) is 5.75 Å². The molecular formula is C16H11Cl2FO3. The Kier molecular flexibility index (Phi) is 5.16. The van der Waals surface area contributed by atoms with E-state index in [4.69, 9.17) is 27.9 Å². The molecule has 0 spiro atoms. The zero-order chi connectivity index (χ0) is 16.3. The molecule has 0 aliphatic heterocycles. The van der Waals surface area contributed by atoms with Crippen molar-refractivity contribution in [1.82, 2.24) is 0 Å². The van der Waals surface area contributed by atoms with Crippen molar-refractivity contribution in [2.24, 2.45) is 0 Å². The molecule has 22 heavy (non-hydrogen) atoms. The Morgan fingerprint density at radius 3 is 2.41 bits per heavy atom. The predicted molar refractivity (Wildman–Crippen MR) is 82.7 cm³/mol. The minimum absolute atomic E-state index is 0.0249. The molecule has 0 aliphatic carbocycles. The Morgan fingerprint density at radius 2 is 1.82 bits per heavy atom. The zero-order valence-electron chi connectivity index (χ0n) is 11.5. The van der Waals surface area contributed by atoms with Gasteiger partial charge in [-0.3, -0.25) is 9.59 Å². The molecule has 0 atom stereocenters. The number of halogens is 3. The van der Waals surface area contributed by atoms with Crippen molar-refractivity contribution in [1.29, 1.82) is 0 Å². The van der Waals surface area contributed by atoms with Gasteiger partial charge >= 0.3 is 0 Å². The second kappa shape index (κ2) is 6.90. The average Bonchev–Trinajstić information content (AvgIpc) is 2.47. The highest BCUT2D eigenvalue weighted by atomic mass is 35.5. The molecule has 2 aromatic rings. The molecule has 2 rings (SSSR count). The normalized spacial score (nSPS) is 10.4. The Labute approximate surface area is 136 Å². The molecule has 0 N–H and O–H groups in total. The monoisotopic (exact) mass is 340 g/mol. The molecule has 0 bridgehead atoms. The lowest BCUT2D eigenvalue weighted by Gasteiger charge is -2.07. The van der Waals surface area contributed by atoms with Crippen LogP contribution in [0.3, 0.4) is 0 Å². The van der Waals surface area contributed by atoms with Crippen molar-refractivity contribution in [3.8, 4) is 5.75 Å². The van der Waals surface area contributed by atoms with Crippen molar-refractivity contribution in [2.45, 2.75) is 6.92 Å². The maximum absolute atomic E-state index is 13.6. The number of rotatable bonds is 5. The fourth-order valence-corrected chi connectivity index (χ4v) is 2.07. The van der Waals surface area contributed by atoms with E-state index in [2.05, 4.69) is 0 Å². The van der Waals surface area contributed by atoms with Gasteiger partial charge in [-0.15, -0.1) is 0 Å². The summed E-state index contributed by atoms with van der Waals surface area (Å²) in [7, 11) is 0. The summed E-state index contributed by atoms with van der Waals surface area (Å²) in [5.74, 6) is -1.23. The van der Waals surface area contributed by atoms with Gasteiger partial charge in [0.15, 0.2) is 18.2 Å². The van der Waals surface area contributed by atoms with Gasteiger partial charge in [-0.05, 0) is 37.3 Å². The predicted octanol–water partition coefficient (Wildman–Crippen LogP) is 4.60. The average molecular weight is 341 g/mol. The highest BCUT2D eigenvalue weighted by Crippen LogP contribution is 2.23. The lowest BCUT2D eigenvalue weighted by molar-refractivity contribution is 0.0920. The van der Waals surface area contributed by atoms with Crippen LogP contribution in [0.4, 0.5) is 4.39 Å². The molecule has 0 amide bonds. The summed E-state index contributed by atoms with van der Waals surface area (Å²) >= 11 is 11.6. The van der Waals surface area contributed by atoms with Crippen LogP contribution >= 0.6 is 23.2 Å². The first-order valence-corrected chi connectivity index (χ1v) is 7.05. The highest BCUT2D eigenvalue weighted by Gasteiger charge is 2.11. The minimum atomic E-state index is -0.688. The number of Topliss-reactive ketones (excluding diaryl/α,β-unsaturated/α-hetero) is 2. The lowest BCUT2D eigenvalue weighted by atomic mass is 10.1. The third-order valence-corrected chi connectivity index (χ3v) is 3.67. The number of carbonyl (C=O) groups excluding carboxylic acids is 2. The standard InChI is InChI=1S/C16H11Cl2FO3/c1-9(20)12-4-3-11(7-15(12)19)22-8-16(21)10-2-5-13(17)14(18)6-10/h2-7H,8H2,1H3. The summed E-state index contributed by atoms with van der Waals surface area (Å²) in [5, 5.41) is 0.616. The molecule has 0 unspecified atom stereocenters. The van der Waals surface area contributed by atoms with Crippen molar-refractivity contribution in [3.05, 3.63) is 63.4 Å². The first-order valence-electron chi connectivity index (χ1n) is 6.30. The van der Waals surface area contributed by atoms with Crippen molar-refractivity contribution in [3.63, 3.8) is 0 Å². The van der Waals surface area contributed by atoms with E-state index in [0.717, 1.165) is 6.07 Å². The van der Waals surface area contributed by atoms with Gasteiger partial charge in [0.2, 0.25) is 0 Å². The number of benzene rings is 2. The highest BCUT2D eigenvalue weighted by molar-refractivity contribution is 6.42. The summed E-state index contributed by atoms with van der Waals surface area (Å²) in [5.41, 5.74) is 0.318. The first kappa shape index (κ1) is 16.5. The Hall–Kier alpha value is -1.91.